The summed E-state index contributed by atoms with van der Waals surface area (Å²) in [6, 6.07) is -0.309. The summed E-state index contributed by atoms with van der Waals surface area (Å²) in [7, 11) is 0. The third-order valence-corrected chi connectivity index (χ3v) is 3.88. The first-order valence-corrected chi connectivity index (χ1v) is 7.40. The van der Waals surface area contributed by atoms with Crippen LogP contribution in [0.4, 0.5) is 0 Å². The van der Waals surface area contributed by atoms with Crippen molar-refractivity contribution in [1.82, 2.24) is 25.0 Å². The molecule has 0 radical (unpaired) electrons. The quantitative estimate of drug-likeness (QED) is 0.871. The predicted molar refractivity (Wildman–Crippen MR) is 77.1 cm³/mol. The average molecular weight is 279 g/mol. The highest BCUT2D eigenvalue weighted by Crippen LogP contribution is 2.20. The van der Waals surface area contributed by atoms with E-state index >= 15 is 0 Å². The maximum Gasteiger partial charge on any atom is 0.244 e. The zero-order valence-corrected chi connectivity index (χ0v) is 12.6. The fourth-order valence-corrected chi connectivity index (χ4v) is 3.00. The second-order valence-corrected chi connectivity index (χ2v) is 6.05. The van der Waals surface area contributed by atoms with Crippen LogP contribution in [0.2, 0.25) is 0 Å². The highest BCUT2D eigenvalue weighted by atomic mass is 16.2. The molecule has 2 rings (SSSR count). The van der Waals surface area contributed by atoms with Gasteiger partial charge in [-0.3, -0.25) is 4.79 Å². The molecule has 6 heteroatoms. The summed E-state index contributed by atoms with van der Waals surface area (Å²) in [5, 5.41) is 6.97. The first-order valence-electron chi connectivity index (χ1n) is 7.40. The summed E-state index contributed by atoms with van der Waals surface area (Å²) in [6.07, 6.45) is 4.32. The van der Waals surface area contributed by atoms with Crippen molar-refractivity contribution in [2.45, 2.75) is 33.2 Å². The molecule has 6 nitrogen and oxygen atoms in total. The largest absolute Gasteiger partial charge is 0.353 e. The number of amides is 1. The molecule has 2 heterocycles. The van der Waals surface area contributed by atoms with Gasteiger partial charge in [0.05, 0.1) is 0 Å². The molecule has 1 aliphatic rings. The van der Waals surface area contributed by atoms with E-state index in [-0.39, 0.29) is 11.9 Å². The van der Waals surface area contributed by atoms with Crippen LogP contribution in [0.5, 0.6) is 0 Å². The maximum absolute atomic E-state index is 12.0. The number of hydrogen-bond acceptors (Lipinski definition) is 4. The summed E-state index contributed by atoms with van der Waals surface area (Å²) in [4.78, 5) is 18.3. The van der Waals surface area contributed by atoms with Gasteiger partial charge in [-0.15, -0.1) is 0 Å². The molecule has 0 unspecified atom stereocenters. The predicted octanol–water partition coefficient (Wildman–Crippen LogP) is 0.933. The van der Waals surface area contributed by atoms with Gasteiger partial charge in [-0.25, -0.2) is 9.67 Å². The van der Waals surface area contributed by atoms with Crippen LogP contribution in [0.15, 0.2) is 12.7 Å². The van der Waals surface area contributed by atoms with Crippen LogP contribution < -0.4 is 5.32 Å². The van der Waals surface area contributed by atoms with Crippen molar-refractivity contribution in [3.05, 3.63) is 12.7 Å². The Bertz CT molecular complexity index is 409. The Labute approximate surface area is 120 Å². The highest BCUT2D eigenvalue weighted by molar-refractivity contribution is 5.79. The average Bonchev–Trinajstić information content (AvgIpc) is 2.90. The lowest BCUT2D eigenvalue weighted by atomic mass is 9.92. The molecule has 1 fully saturated rings. The molecule has 0 aliphatic carbocycles. The van der Waals surface area contributed by atoms with Gasteiger partial charge >= 0.3 is 0 Å². The van der Waals surface area contributed by atoms with E-state index in [2.05, 4.69) is 34.1 Å². The summed E-state index contributed by atoms with van der Waals surface area (Å²) in [5.41, 5.74) is 0. The molecule has 1 amide bonds. The Morgan fingerprint density at radius 2 is 2.10 bits per heavy atom. The highest BCUT2D eigenvalue weighted by Gasteiger charge is 2.21. The van der Waals surface area contributed by atoms with E-state index in [0.29, 0.717) is 6.54 Å². The third-order valence-electron chi connectivity index (χ3n) is 3.88. The number of rotatable bonds is 5. The minimum absolute atomic E-state index is 0.00592. The molecule has 1 N–H and O–H groups in total. The molecule has 0 spiro atoms. The zero-order valence-electron chi connectivity index (χ0n) is 12.6. The summed E-state index contributed by atoms with van der Waals surface area (Å²) in [6.45, 7) is 10.3. The number of likely N-dealkylation sites (tertiary alicyclic amines) is 1. The summed E-state index contributed by atoms with van der Waals surface area (Å²) >= 11 is 0. The lowest BCUT2D eigenvalue weighted by Crippen LogP contribution is -2.43. The van der Waals surface area contributed by atoms with E-state index in [1.165, 1.54) is 12.7 Å². The van der Waals surface area contributed by atoms with E-state index in [0.717, 1.165) is 31.5 Å². The number of nitrogens with one attached hydrogen (secondary N) is 1. The minimum atomic E-state index is -0.309. The fourth-order valence-electron chi connectivity index (χ4n) is 3.00. The van der Waals surface area contributed by atoms with Gasteiger partial charge in [-0.1, -0.05) is 13.8 Å². The standard InChI is InChI=1S/C14H25N5O/c1-11-6-12(2)8-18(7-11)5-4-16-14(20)13(3)19-10-15-9-17-19/h9-13H,4-8H2,1-3H3,(H,16,20)/t11-,12-,13+/m1/s1. The molecule has 1 aromatic rings. The van der Waals surface area contributed by atoms with Gasteiger partial charge in [0, 0.05) is 26.2 Å². The Kier molecular flexibility index (Phi) is 5.11. The SMILES string of the molecule is C[C@@H]1C[C@@H](C)CN(CCNC(=O)[C@H](C)n2cncn2)C1. The second kappa shape index (κ2) is 6.83. The van der Waals surface area contributed by atoms with Gasteiger partial charge in [0.1, 0.15) is 18.7 Å². The van der Waals surface area contributed by atoms with Gasteiger partial charge in [0.15, 0.2) is 0 Å². The molecule has 3 atom stereocenters. The number of aromatic nitrogens is 3. The second-order valence-electron chi connectivity index (χ2n) is 6.05. The van der Waals surface area contributed by atoms with Crippen LogP contribution in [0.25, 0.3) is 0 Å². The summed E-state index contributed by atoms with van der Waals surface area (Å²) in [5.74, 6) is 1.50. The van der Waals surface area contributed by atoms with E-state index in [1.54, 1.807) is 11.0 Å². The van der Waals surface area contributed by atoms with Gasteiger partial charge in [-0.05, 0) is 25.2 Å². The van der Waals surface area contributed by atoms with Gasteiger partial charge in [0.2, 0.25) is 5.91 Å². The molecule has 0 aromatic carbocycles. The van der Waals surface area contributed by atoms with Crippen LogP contribution in [-0.2, 0) is 4.79 Å². The topological polar surface area (TPSA) is 63.1 Å². The van der Waals surface area contributed by atoms with Crippen molar-refractivity contribution >= 4 is 5.91 Å². The van der Waals surface area contributed by atoms with Crippen LogP contribution >= 0.6 is 0 Å². The van der Waals surface area contributed by atoms with Crippen molar-refractivity contribution in [2.24, 2.45) is 11.8 Å². The minimum Gasteiger partial charge on any atom is -0.353 e. The number of carbonyl (C=O) groups excluding carboxylic acids is 1. The van der Waals surface area contributed by atoms with E-state index in [9.17, 15) is 4.79 Å². The van der Waals surface area contributed by atoms with Crippen LogP contribution in [0.1, 0.15) is 33.2 Å². The Hall–Kier alpha value is -1.43. The fraction of sp³-hybridized carbons (Fsp3) is 0.786. The Morgan fingerprint density at radius 1 is 1.40 bits per heavy atom. The van der Waals surface area contributed by atoms with Crippen molar-refractivity contribution < 1.29 is 4.79 Å². The van der Waals surface area contributed by atoms with Crippen LogP contribution in [-0.4, -0.2) is 51.8 Å². The van der Waals surface area contributed by atoms with Crippen molar-refractivity contribution in [3.63, 3.8) is 0 Å². The van der Waals surface area contributed by atoms with Crippen LogP contribution in [0.3, 0.4) is 0 Å². The van der Waals surface area contributed by atoms with Gasteiger partial charge < -0.3 is 10.2 Å². The van der Waals surface area contributed by atoms with Crippen LogP contribution in [0, 0.1) is 11.8 Å². The Balaban J connectivity index is 1.71. The molecular formula is C14H25N5O. The normalized spacial score (nSPS) is 25.4. The lowest BCUT2D eigenvalue weighted by molar-refractivity contribution is -0.124. The molecule has 20 heavy (non-hydrogen) atoms. The molecule has 0 bridgehead atoms. The van der Waals surface area contributed by atoms with Crippen molar-refractivity contribution in [2.75, 3.05) is 26.2 Å². The first-order chi connectivity index (χ1) is 9.56. The Morgan fingerprint density at radius 3 is 2.70 bits per heavy atom. The molecule has 0 saturated carbocycles. The van der Waals surface area contributed by atoms with Crippen molar-refractivity contribution in [3.8, 4) is 0 Å². The summed E-state index contributed by atoms with van der Waals surface area (Å²) < 4.78 is 1.57. The molecule has 1 aliphatic heterocycles. The molecule has 112 valence electrons. The third kappa shape index (κ3) is 4.03. The van der Waals surface area contributed by atoms with E-state index in [4.69, 9.17) is 0 Å². The molecule has 1 saturated heterocycles. The van der Waals surface area contributed by atoms with E-state index in [1.807, 2.05) is 6.92 Å². The monoisotopic (exact) mass is 279 g/mol. The number of carbonyl (C=O) groups is 1. The maximum atomic E-state index is 12.0. The van der Waals surface area contributed by atoms with Gasteiger partial charge in [-0.2, -0.15) is 5.10 Å². The molecule has 1 aromatic heterocycles. The van der Waals surface area contributed by atoms with Gasteiger partial charge in [0.25, 0.3) is 0 Å². The lowest BCUT2D eigenvalue weighted by Gasteiger charge is -2.34. The molecular weight excluding hydrogens is 254 g/mol. The zero-order chi connectivity index (χ0) is 14.5. The van der Waals surface area contributed by atoms with E-state index < -0.39 is 0 Å². The number of nitrogens with zero attached hydrogens (tertiary/aromatic N) is 4. The number of hydrogen-bond donors (Lipinski definition) is 1. The smallest absolute Gasteiger partial charge is 0.244 e. The van der Waals surface area contributed by atoms with Crippen molar-refractivity contribution in [1.29, 1.82) is 0 Å². The number of piperidine rings is 1. The first kappa shape index (κ1) is 15.0.